The normalized spacial score (nSPS) is 31.2. The zero-order chi connectivity index (χ0) is 13.4. The smallest absolute Gasteiger partial charge is 0.224 e. The summed E-state index contributed by atoms with van der Waals surface area (Å²) in [7, 11) is 2.20. The number of aromatic nitrogens is 2. The van der Waals surface area contributed by atoms with Crippen LogP contribution in [0.4, 0.5) is 10.2 Å². The van der Waals surface area contributed by atoms with Crippen LogP contribution < -0.4 is 5.32 Å². The molecule has 0 aromatic carbocycles. The summed E-state index contributed by atoms with van der Waals surface area (Å²) in [5.74, 6) is -0.207. The second-order valence-electron chi connectivity index (χ2n) is 5.55. The van der Waals surface area contributed by atoms with Gasteiger partial charge in [-0.05, 0) is 44.3 Å². The molecule has 2 bridgehead atoms. The predicted octanol–water partition coefficient (Wildman–Crippen LogP) is 2.70. The van der Waals surface area contributed by atoms with E-state index in [1.807, 2.05) is 0 Å². The molecule has 2 aliphatic rings. The first-order chi connectivity index (χ1) is 9.13. The average Bonchev–Trinajstić information content (AvgIpc) is 2.35. The Bertz CT molecular complexity index is 456. The first kappa shape index (κ1) is 13.1. The summed E-state index contributed by atoms with van der Waals surface area (Å²) in [6.45, 7) is 0. The zero-order valence-electron chi connectivity index (χ0n) is 10.9. The van der Waals surface area contributed by atoms with Crippen molar-refractivity contribution in [1.82, 2.24) is 14.9 Å². The lowest BCUT2D eigenvalue weighted by Crippen LogP contribution is -2.52. The zero-order valence-corrected chi connectivity index (χ0v) is 11.7. The van der Waals surface area contributed by atoms with E-state index in [4.69, 9.17) is 11.6 Å². The summed E-state index contributed by atoms with van der Waals surface area (Å²) in [6.07, 6.45) is 6.96. The van der Waals surface area contributed by atoms with Gasteiger partial charge in [-0.1, -0.05) is 6.42 Å². The topological polar surface area (TPSA) is 41.0 Å². The Morgan fingerprint density at radius 1 is 1.37 bits per heavy atom. The van der Waals surface area contributed by atoms with Crippen molar-refractivity contribution in [3.8, 4) is 0 Å². The molecule has 1 aromatic rings. The number of nitrogens with one attached hydrogen (secondary N) is 1. The van der Waals surface area contributed by atoms with Crippen LogP contribution in [0.25, 0.3) is 0 Å². The summed E-state index contributed by atoms with van der Waals surface area (Å²) in [4.78, 5) is 10.0. The molecule has 1 N–H and O–H groups in total. The van der Waals surface area contributed by atoms with Crippen molar-refractivity contribution in [3.05, 3.63) is 17.3 Å². The van der Waals surface area contributed by atoms with Crippen molar-refractivity contribution >= 4 is 17.4 Å². The number of piperidine rings is 2. The fourth-order valence-corrected chi connectivity index (χ4v) is 3.51. The molecule has 6 heteroatoms. The van der Waals surface area contributed by atoms with E-state index in [1.54, 1.807) is 0 Å². The Morgan fingerprint density at radius 2 is 2.05 bits per heavy atom. The van der Waals surface area contributed by atoms with Gasteiger partial charge in [0.2, 0.25) is 5.28 Å². The number of nitrogens with zero attached hydrogens (tertiary/aromatic N) is 3. The third-order valence-corrected chi connectivity index (χ3v) is 4.58. The molecule has 2 atom stereocenters. The Morgan fingerprint density at radius 3 is 2.74 bits per heavy atom. The first-order valence-electron chi connectivity index (χ1n) is 6.80. The Balaban J connectivity index is 1.72. The number of hydrogen-bond donors (Lipinski definition) is 1. The van der Waals surface area contributed by atoms with Crippen LogP contribution >= 0.6 is 11.6 Å². The van der Waals surface area contributed by atoms with Gasteiger partial charge < -0.3 is 10.2 Å². The van der Waals surface area contributed by atoms with Gasteiger partial charge in [0.05, 0.1) is 6.20 Å². The maximum absolute atomic E-state index is 13.6. The van der Waals surface area contributed by atoms with E-state index in [0.717, 1.165) is 19.0 Å². The lowest BCUT2D eigenvalue weighted by atomic mass is 9.82. The van der Waals surface area contributed by atoms with E-state index in [9.17, 15) is 4.39 Å². The van der Waals surface area contributed by atoms with Crippen LogP contribution in [-0.2, 0) is 0 Å². The third-order valence-electron chi connectivity index (χ3n) is 4.40. The quantitative estimate of drug-likeness (QED) is 0.848. The Labute approximate surface area is 117 Å². The number of anilines is 1. The largest absolute Gasteiger partial charge is 0.365 e. The van der Waals surface area contributed by atoms with Crippen molar-refractivity contribution in [2.45, 2.75) is 50.2 Å². The molecule has 0 spiro atoms. The molecular formula is C13H18ClFN4. The number of halogens is 2. The fourth-order valence-electron chi connectivity index (χ4n) is 3.37. The molecular weight excluding hydrogens is 267 g/mol. The molecule has 0 amide bonds. The highest BCUT2D eigenvalue weighted by atomic mass is 35.5. The summed E-state index contributed by atoms with van der Waals surface area (Å²) < 4.78 is 13.6. The summed E-state index contributed by atoms with van der Waals surface area (Å²) >= 11 is 5.72. The van der Waals surface area contributed by atoms with Gasteiger partial charge in [-0.25, -0.2) is 9.37 Å². The van der Waals surface area contributed by atoms with Crippen molar-refractivity contribution < 1.29 is 4.39 Å². The van der Waals surface area contributed by atoms with E-state index >= 15 is 0 Å². The number of fused-ring (bicyclic) bond motifs is 2. The second kappa shape index (κ2) is 5.21. The minimum Gasteiger partial charge on any atom is -0.365 e. The minimum atomic E-state index is -0.437. The molecule has 0 aliphatic carbocycles. The highest BCUT2D eigenvalue weighted by Gasteiger charge is 2.36. The molecule has 3 heterocycles. The molecule has 19 heavy (non-hydrogen) atoms. The average molecular weight is 285 g/mol. The Kier molecular flexibility index (Phi) is 3.58. The molecule has 2 saturated heterocycles. The van der Waals surface area contributed by atoms with Crippen LogP contribution in [0.5, 0.6) is 0 Å². The van der Waals surface area contributed by atoms with Crippen molar-refractivity contribution in [1.29, 1.82) is 0 Å². The van der Waals surface area contributed by atoms with Gasteiger partial charge in [-0.3, -0.25) is 0 Å². The standard InChI is InChI=1S/C13H18ClFN4/c1-19-9-3-2-4-10(19)6-8(5-9)17-12-11(15)7-16-13(14)18-12/h7-10H,2-6H2,1H3,(H,16,17,18). The van der Waals surface area contributed by atoms with Gasteiger partial charge in [0, 0.05) is 18.1 Å². The summed E-state index contributed by atoms with van der Waals surface area (Å²) in [5, 5.41) is 3.28. The van der Waals surface area contributed by atoms with Crippen molar-refractivity contribution in [2.24, 2.45) is 0 Å². The highest BCUT2D eigenvalue weighted by Crippen LogP contribution is 2.33. The second-order valence-corrected chi connectivity index (χ2v) is 5.89. The van der Waals surface area contributed by atoms with Crippen LogP contribution in [0.15, 0.2) is 6.20 Å². The molecule has 1 aromatic heterocycles. The molecule has 104 valence electrons. The number of hydrogen-bond acceptors (Lipinski definition) is 4. The third kappa shape index (κ3) is 2.67. The van der Waals surface area contributed by atoms with Gasteiger partial charge in [-0.2, -0.15) is 4.98 Å². The Hall–Kier alpha value is -0.940. The highest BCUT2D eigenvalue weighted by molar-refractivity contribution is 6.28. The predicted molar refractivity (Wildman–Crippen MR) is 72.8 cm³/mol. The summed E-state index contributed by atoms with van der Waals surface area (Å²) in [5.41, 5.74) is 0. The van der Waals surface area contributed by atoms with E-state index in [2.05, 4.69) is 27.2 Å². The lowest BCUT2D eigenvalue weighted by molar-refractivity contribution is 0.0607. The van der Waals surface area contributed by atoms with Gasteiger partial charge >= 0.3 is 0 Å². The van der Waals surface area contributed by atoms with E-state index in [-0.39, 0.29) is 17.1 Å². The maximum atomic E-state index is 13.6. The van der Waals surface area contributed by atoms with E-state index in [0.29, 0.717) is 12.1 Å². The minimum absolute atomic E-state index is 0.0806. The van der Waals surface area contributed by atoms with E-state index in [1.165, 1.54) is 19.3 Å². The van der Waals surface area contributed by atoms with Gasteiger partial charge in [0.25, 0.3) is 0 Å². The molecule has 0 saturated carbocycles. The maximum Gasteiger partial charge on any atom is 0.224 e. The van der Waals surface area contributed by atoms with Crippen molar-refractivity contribution in [3.63, 3.8) is 0 Å². The van der Waals surface area contributed by atoms with Crippen LogP contribution in [-0.4, -0.2) is 40.0 Å². The number of rotatable bonds is 2. The lowest BCUT2D eigenvalue weighted by Gasteiger charge is -2.47. The summed E-state index contributed by atoms with van der Waals surface area (Å²) in [6, 6.07) is 1.47. The van der Waals surface area contributed by atoms with Crippen LogP contribution in [0.3, 0.4) is 0 Å². The molecule has 4 nitrogen and oxygen atoms in total. The van der Waals surface area contributed by atoms with Gasteiger partial charge in [0.1, 0.15) is 0 Å². The van der Waals surface area contributed by atoms with E-state index < -0.39 is 5.82 Å². The van der Waals surface area contributed by atoms with Crippen LogP contribution in [0, 0.1) is 5.82 Å². The van der Waals surface area contributed by atoms with Crippen LogP contribution in [0.2, 0.25) is 5.28 Å². The molecule has 0 radical (unpaired) electrons. The molecule has 2 unspecified atom stereocenters. The SMILES string of the molecule is CN1C2CCCC1CC(Nc1nc(Cl)ncc1F)C2. The molecule has 3 rings (SSSR count). The van der Waals surface area contributed by atoms with Gasteiger partial charge in [-0.15, -0.1) is 0 Å². The molecule has 2 fully saturated rings. The molecule has 2 aliphatic heterocycles. The van der Waals surface area contributed by atoms with Gasteiger partial charge in [0.15, 0.2) is 11.6 Å². The first-order valence-corrected chi connectivity index (χ1v) is 7.18. The van der Waals surface area contributed by atoms with Crippen molar-refractivity contribution in [2.75, 3.05) is 12.4 Å². The van der Waals surface area contributed by atoms with Crippen LogP contribution in [0.1, 0.15) is 32.1 Å². The monoisotopic (exact) mass is 284 g/mol. The fraction of sp³-hybridized carbons (Fsp3) is 0.692.